The van der Waals surface area contributed by atoms with E-state index < -0.39 is 0 Å². The third-order valence-electron chi connectivity index (χ3n) is 3.57. The Kier molecular flexibility index (Phi) is 5.05. The SMILES string of the molecule is CCCC(=O)NCCn1ncc2c(NCc3ccco3)ncnc21. The molecule has 0 radical (unpaired) electrons. The third-order valence-corrected chi connectivity index (χ3v) is 3.57. The first-order valence-corrected chi connectivity index (χ1v) is 7.97. The average molecular weight is 328 g/mol. The Morgan fingerprint density at radius 2 is 2.29 bits per heavy atom. The topological polar surface area (TPSA) is 97.9 Å². The molecule has 0 unspecified atom stereocenters. The predicted molar refractivity (Wildman–Crippen MR) is 89.3 cm³/mol. The van der Waals surface area contributed by atoms with Gasteiger partial charge in [-0.2, -0.15) is 5.10 Å². The van der Waals surface area contributed by atoms with Gasteiger partial charge in [0.25, 0.3) is 0 Å². The zero-order valence-corrected chi connectivity index (χ0v) is 13.5. The van der Waals surface area contributed by atoms with E-state index in [2.05, 4.69) is 25.7 Å². The summed E-state index contributed by atoms with van der Waals surface area (Å²) in [5.41, 5.74) is 0.733. The van der Waals surface area contributed by atoms with E-state index in [-0.39, 0.29) is 5.91 Å². The second kappa shape index (κ2) is 7.58. The van der Waals surface area contributed by atoms with Crippen molar-refractivity contribution in [2.45, 2.75) is 32.9 Å². The molecule has 0 saturated heterocycles. The van der Waals surface area contributed by atoms with Crippen LogP contribution in [-0.4, -0.2) is 32.2 Å². The van der Waals surface area contributed by atoms with Gasteiger partial charge in [-0.3, -0.25) is 4.79 Å². The lowest BCUT2D eigenvalue weighted by Crippen LogP contribution is -2.27. The van der Waals surface area contributed by atoms with Gasteiger partial charge >= 0.3 is 0 Å². The molecule has 126 valence electrons. The van der Waals surface area contributed by atoms with Crippen LogP contribution in [0.2, 0.25) is 0 Å². The molecule has 0 spiro atoms. The summed E-state index contributed by atoms with van der Waals surface area (Å²) >= 11 is 0. The van der Waals surface area contributed by atoms with Crippen molar-refractivity contribution in [1.82, 2.24) is 25.1 Å². The molecule has 0 atom stereocenters. The molecule has 24 heavy (non-hydrogen) atoms. The van der Waals surface area contributed by atoms with Gasteiger partial charge in [-0.15, -0.1) is 0 Å². The monoisotopic (exact) mass is 328 g/mol. The van der Waals surface area contributed by atoms with Crippen molar-refractivity contribution in [3.63, 3.8) is 0 Å². The van der Waals surface area contributed by atoms with Gasteiger partial charge in [-0.05, 0) is 18.6 Å². The summed E-state index contributed by atoms with van der Waals surface area (Å²) in [6.07, 6.45) is 6.25. The molecule has 8 heteroatoms. The maximum absolute atomic E-state index is 11.5. The molecule has 0 bridgehead atoms. The van der Waals surface area contributed by atoms with Crippen LogP contribution in [0.5, 0.6) is 0 Å². The largest absolute Gasteiger partial charge is 0.467 e. The zero-order chi connectivity index (χ0) is 16.8. The highest BCUT2D eigenvalue weighted by Gasteiger charge is 2.10. The fourth-order valence-electron chi connectivity index (χ4n) is 2.40. The lowest BCUT2D eigenvalue weighted by molar-refractivity contribution is -0.121. The van der Waals surface area contributed by atoms with Crippen LogP contribution < -0.4 is 10.6 Å². The summed E-state index contributed by atoms with van der Waals surface area (Å²) in [5.74, 6) is 1.59. The smallest absolute Gasteiger partial charge is 0.220 e. The van der Waals surface area contributed by atoms with Crippen molar-refractivity contribution in [2.24, 2.45) is 0 Å². The molecule has 3 aromatic rings. The third kappa shape index (κ3) is 3.70. The van der Waals surface area contributed by atoms with E-state index in [9.17, 15) is 4.79 Å². The molecule has 0 aliphatic heterocycles. The number of amides is 1. The second-order valence-corrected chi connectivity index (χ2v) is 5.36. The predicted octanol–water partition coefficient (Wildman–Crippen LogP) is 1.95. The summed E-state index contributed by atoms with van der Waals surface area (Å²) < 4.78 is 7.07. The van der Waals surface area contributed by atoms with Crippen LogP contribution in [0.3, 0.4) is 0 Å². The van der Waals surface area contributed by atoms with E-state index in [1.54, 1.807) is 17.1 Å². The molecule has 0 fully saturated rings. The van der Waals surface area contributed by atoms with Crippen molar-refractivity contribution in [2.75, 3.05) is 11.9 Å². The Hall–Kier alpha value is -2.90. The minimum absolute atomic E-state index is 0.0596. The minimum Gasteiger partial charge on any atom is -0.467 e. The molecule has 0 aromatic carbocycles. The van der Waals surface area contributed by atoms with Crippen LogP contribution >= 0.6 is 0 Å². The number of hydrogen-bond acceptors (Lipinski definition) is 6. The van der Waals surface area contributed by atoms with Gasteiger partial charge in [-0.1, -0.05) is 6.92 Å². The number of aromatic nitrogens is 4. The molecule has 3 rings (SSSR count). The Morgan fingerprint density at radius 1 is 1.38 bits per heavy atom. The number of hydrogen-bond donors (Lipinski definition) is 2. The molecular weight excluding hydrogens is 308 g/mol. The van der Waals surface area contributed by atoms with E-state index in [4.69, 9.17) is 4.42 Å². The number of nitrogens with zero attached hydrogens (tertiary/aromatic N) is 4. The van der Waals surface area contributed by atoms with E-state index in [1.807, 2.05) is 19.1 Å². The molecule has 2 N–H and O–H groups in total. The maximum Gasteiger partial charge on any atom is 0.220 e. The lowest BCUT2D eigenvalue weighted by atomic mass is 10.3. The van der Waals surface area contributed by atoms with E-state index in [0.29, 0.717) is 31.9 Å². The first-order valence-electron chi connectivity index (χ1n) is 7.97. The molecule has 0 saturated carbocycles. The fraction of sp³-hybridized carbons (Fsp3) is 0.375. The van der Waals surface area contributed by atoms with Crippen molar-refractivity contribution in [1.29, 1.82) is 0 Å². The molecular formula is C16H20N6O2. The number of rotatable bonds is 8. The van der Waals surface area contributed by atoms with Gasteiger partial charge in [0, 0.05) is 13.0 Å². The number of furan rings is 1. The summed E-state index contributed by atoms with van der Waals surface area (Å²) in [5, 5.41) is 11.3. The normalized spacial score (nSPS) is 10.9. The summed E-state index contributed by atoms with van der Waals surface area (Å²) in [6, 6.07) is 3.74. The molecule has 0 aliphatic carbocycles. The summed E-state index contributed by atoms with van der Waals surface area (Å²) in [4.78, 5) is 20.1. The van der Waals surface area contributed by atoms with Crippen molar-refractivity contribution < 1.29 is 9.21 Å². The van der Waals surface area contributed by atoms with Crippen LogP contribution in [0.4, 0.5) is 5.82 Å². The van der Waals surface area contributed by atoms with Crippen LogP contribution in [0.15, 0.2) is 35.3 Å². The second-order valence-electron chi connectivity index (χ2n) is 5.36. The average Bonchev–Trinajstić information content (AvgIpc) is 3.23. The quantitative estimate of drug-likeness (QED) is 0.656. The maximum atomic E-state index is 11.5. The standard InChI is InChI=1S/C16H20N6O2/c1-2-4-14(23)17-6-7-22-16-13(10-21-22)15(19-11-20-16)18-9-12-5-3-8-24-12/h3,5,8,10-11H,2,4,6-7,9H2,1H3,(H,17,23)(H,18,19,20). The van der Waals surface area contributed by atoms with Gasteiger partial charge in [-0.25, -0.2) is 14.6 Å². The Labute approximate surface area is 139 Å². The van der Waals surface area contributed by atoms with Gasteiger partial charge < -0.3 is 15.1 Å². The van der Waals surface area contributed by atoms with Gasteiger partial charge in [0.15, 0.2) is 5.65 Å². The van der Waals surface area contributed by atoms with E-state index in [0.717, 1.165) is 23.2 Å². The van der Waals surface area contributed by atoms with Crippen LogP contribution in [0.25, 0.3) is 11.0 Å². The van der Waals surface area contributed by atoms with Crippen LogP contribution in [0.1, 0.15) is 25.5 Å². The zero-order valence-electron chi connectivity index (χ0n) is 13.5. The fourth-order valence-corrected chi connectivity index (χ4v) is 2.40. The summed E-state index contributed by atoms with van der Waals surface area (Å²) in [7, 11) is 0. The van der Waals surface area contributed by atoms with Crippen LogP contribution in [0, 0.1) is 0 Å². The minimum atomic E-state index is 0.0596. The summed E-state index contributed by atoms with van der Waals surface area (Å²) in [6.45, 7) is 3.61. The highest BCUT2D eigenvalue weighted by atomic mass is 16.3. The van der Waals surface area contributed by atoms with Gasteiger partial charge in [0.1, 0.15) is 17.9 Å². The van der Waals surface area contributed by atoms with E-state index >= 15 is 0 Å². The first-order chi connectivity index (χ1) is 11.8. The number of carbonyl (C=O) groups is 1. The Bertz CT molecular complexity index is 796. The van der Waals surface area contributed by atoms with E-state index in [1.165, 1.54) is 6.33 Å². The number of anilines is 1. The first kappa shape index (κ1) is 16.0. The van der Waals surface area contributed by atoms with Crippen LogP contribution in [-0.2, 0) is 17.9 Å². The number of carbonyl (C=O) groups excluding carboxylic acids is 1. The van der Waals surface area contributed by atoms with Crippen molar-refractivity contribution in [3.05, 3.63) is 36.7 Å². The number of fused-ring (bicyclic) bond motifs is 1. The van der Waals surface area contributed by atoms with Gasteiger partial charge in [0.2, 0.25) is 5.91 Å². The molecule has 1 amide bonds. The highest BCUT2D eigenvalue weighted by molar-refractivity contribution is 5.86. The molecule has 3 aromatic heterocycles. The Morgan fingerprint density at radius 3 is 3.08 bits per heavy atom. The Balaban J connectivity index is 1.66. The van der Waals surface area contributed by atoms with Crippen molar-refractivity contribution in [3.8, 4) is 0 Å². The molecule has 8 nitrogen and oxygen atoms in total. The van der Waals surface area contributed by atoms with Gasteiger partial charge in [0.05, 0.1) is 30.9 Å². The lowest BCUT2D eigenvalue weighted by Gasteiger charge is -2.06. The number of nitrogens with one attached hydrogen (secondary N) is 2. The molecule has 0 aliphatic rings. The highest BCUT2D eigenvalue weighted by Crippen LogP contribution is 2.19. The van der Waals surface area contributed by atoms with Crippen molar-refractivity contribution >= 4 is 22.8 Å². The molecule has 3 heterocycles.